The molecule has 0 aliphatic rings. The summed E-state index contributed by atoms with van der Waals surface area (Å²) in [6, 6.07) is 13.1. The van der Waals surface area contributed by atoms with E-state index >= 15 is 0 Å². The molecule has 0 fully saturated rings. The maximum Gasteiger partial charge on any atom is 0.255 e. The Kier molecular flexibility index (Phi) is 5.82. The van der Waals surface area contributed by atoms with Crippen LogP contribution in [0.25, 0.3) is 6.08 Å². The van der Waals surface area contributed by atoms with Crippen LogP contribution in [0.3, 0.4) is 0 Å². The maximum atomic E-state index is 12.2. The maximum absolute atomic E-state index is 12.2. The molecule has 1 amide bonds. The summed E-state index contributed by atoms with van der Waals surface area (Å²) in [5.74, 6) is -0.690. The first-order valence-corrected chi connectivity index (χ1v) is 9.21. The standard InChI is InChI=1S/C18H20N2O4S/c1-13(2)18(22)19-16-12-15(8-9-17(16)21)20-25(23,24)11-10-14-6-4-3-5-7-14/h3-13,20-21H,1-2H3,(H,19,22)/b11-10+. The van der Waals surface area contributed by atoms with Gasteiger partial charge in [0.25, 0.3) is 10.0 Å². The molecular weight excluding hydrogens is 340 g/mol. The zero-order valence-electron chi connectivity index (χ0n) is 13.9. The summed E-state index contributed by atoms with van der Waals surface area (Å²) in [6.07, 6.45) is 1.48. The van der Waals surface area contributed by atoms with Gasteiger partial charge in [-0.25, -0.2) is 8.42 Å². The number of carbonyl (C=O) groups is 1. The summed E-state index contributed by atoms with van der Waals surface area (Å²) in [5, 5.41) is 13.4. The number of hydrogen-bond donors (Lipinski definition) is 3. The van der Waals surface area contributed by atoms with Crippen molar-refractivity contribution in [3.05, 3.63) is 59.5 Å². The van der Waals surface area contributed by atoms with Gasteiger partial charge < -0.3 is 10.4 Å². The average Bonchev–Trinajstić information content (AvgIpc) is 2.57. The number of phenolic OH excluding ortho intramolecular Hbond substituents is 1. The number of rotatable bonds is 6. The van der Waals surface area contributed by atoms with E-state index in [4.69, 9.17) is 0 Å². The van der Waals surface area contributed by atoms with Gasteiger partial charge in [-0.3, -0.25) is 9.52 Å². The lowest BCUT2D eigenvalue weighted by Crippen LogP contribution is -2.18. The monoisotopic (exact) mass is 360 g/mol. The number of hydrogen-bond acceptors (Lipinski definition) is 4. The Morgan fingerprint density at radius 1 is 1.12 bits per heavy atom. The third kappa shape index (κ3) is 5.65. The van der Waals surface area contributed by atoms with Crippen LogP contribution in [0.4, 0.5) is 11.4 Å². The van der Waals surface area contributed by atoms with Crippen molar-refractivity contribution >= 4 is 33.4 Å². The van der Waals surface area contributed by atoms with Gasteiger partial charge in [-0.15, -0.1) is 0 Å². The topological polar surface area (TPSA) is 95.5 Å². The number of anilines is 2. The third-order valence-corrected chi connectivity index (χ3v) is 4.29. The molecule has 0 aliphatic heterocycles. The molecule has 0 spiro atoms. The SMILES string of the molecule is CC(C)C(=O)Nc1cc(NS(=O)(=O)/C=C/c2ccccc2)ccc1O. The van der Waals surface area contributed by atoms with Crippen molar-refractivity contribution in [3.63, 3.8) is 0 Å². The molecule has 0 bridgehead atoms. The van der Waals surface area contributed by atoms with E-state index in [-0.39, 0.29) is 28.9 Å². The summed E-state index contributed by atoms with van der Waals surface area (Å²) in [5.41, 5.74) is 1.13. The van der Waals surface area contributed by atoms with Crippen LogP contribution in [0.2, 0.25) is 0 Å². The van der Waals surface area contributed by atoms with Crippen LogP contribution in [0.15, 0.2) is 53.9 Å². The van der Waals surface area contributed by atoms with Crippen molar-refractivity contribution in [1.29, 1.82) is 0 Å². The minimum absolute atomic E-state index is 0.142. The lowest BCUT2D eigenvalue weighted by molar-refractivity contribution is -0.118. The third-order valence-electron chi connectivity index (χ3n) is 3.28. The lowest BCUT2D eigenvalue weighted by atomic mass is 10.2. The molecule has 0 heterocycles. The summed E-state index contributed by atoms with van der Waals surface area (Å²) >= 11 is 0. The molecule has 6 nitrogen and oxygen atoms in total. The fourth-order valence-corrected chi connectivity index (χ4v) is 2.77. The van der Waals surface area contributed by atoms with Crippen LogP contribution in [-0.4, -0.2) is 19.4 Å². The number of phenols is 1. The van der Waals surface area contributed by atoms with Gasteiger partial charge >= 0.3 is 0 Å². The molecule has 0 atom stereocenters. The number of benzene rings is 2. The summed E-state index contributed by atoms with van der Waals surface area (Å²) in [6.45, 7) is 3.43. The highest BCUT2D eigenvalue weighted by Gasteiger charge is 2.12. The molecular formula is C18H20N2O4S. The Morgan fingerprint density at radius 2 is 1.80 bits per heavy atom. The average molecular weight is 360 g/mol. The number of aromatic hydroxyl groups is 1. The number of nitrogens with one attached hydrogen (secondary N) is 2. The van der Waals surface area contributed by atoms with E-state index in [1.165, 1.54) is 24.3 Å². The lowest BCUT2D eigenvalue weighted by Gasteiger charge is -2.12. The van der Waals surface area contributed by atoms with Crippen molar-refractivity contribution in [2.45, 2.75) is 13.8 Å². The molecule has 0 aliphatic carbocycles. The van der Waals surface area contributed by atoms with E-state index in [9.17, 15) is 18.3 Å². The Hall–Kier alpha value is -2.80. The molecule has 2 aromatic rings. The van der Waals surface area contributed by atoms with Gasteiger partial charge in [-0.1, -0.05) is 44.2 Å². The Bertz CT molecular complexity index is 875. The zero-order chi connectivity index (χ0) is 18.4. The first-order chi connectivity index (χ1) is 11.8. The van der Waals surface area contributed by atoms with E-state index in [1.807, 2.05) is 18.2 Å². The zero-order valence-corrected chi connectivity index (χ0v) is 14.7. The molecule has 132 valence electrons. The second-order valence-electron chi connectivity index (χ2n) is 5.74. The van der Waals surface area contributed by atoms with Gasteiger partial charge in [0.2, 0.25) is 5.91 Å². The molecule has 0 saturated carbocycles. The quantitative estimate of drug-likeness (QED) is 0.543. The normalized spacial score (nSPS) is 11.6. The second kappa shape index (κ2) is 7.85. The highest BCUT2D eigenvalue weighted by molar-refractivity contribution is 7.95. The van der Waals surface area contributed by atoms with Gasteiger partial charge in [0.05, 0.1) is 16.8 Å². The molecule has 2 rings (SSSR count). The van der Waals surface area contributed by atoms with E-state index < -0.39 is 10.0 Å². The van der Waals surface area contributed by atoms with Crippen molar-refractivity contribution < 1.29 is 18.3 Å². The smallest absolute Gasteiger partial charge is 0.255 e. The minimum atomic E-state index is -3.73. The molecule has 3 N–H and O–H groups in total. The van der Waals surface area contributed by atoms with Crippen LogP contribution in [0.1, 0.15) is 19.4 Å². The van der Waals surface area contributed by atoms with Crippen molar-refractivity contribution in [3.8, 4) is 5.75 Å². The first kappa shape index (κ1) is 18.5. The van der Waals surface area contributed by atoms with Crippen molar-refractivity contribution in [2.75, 3.05) is 10.0 Å². The molecule has 0 radical (unpaired) electrons. The summed E-state index contributed by atoms with van der Waals surface area (Å²) in [7, 11) is -3.73. The van der Waals surface area contributed by atoms with Crippen molar-refractivity contribution in [2.24, 2.45) is 5.92 Å². The Labute approximate surface area is 147 Å². The molecule has 0 saturated heterocycles. The van der Waals surface area contributed by atoms with Gasteiger partial charge in [0.1, 0.15) is 5.75 Å². The van der Waals surface area contributed by atoms with Crippen LogP contribution < -0.4 is 10.0 Å². The van der Waals surface area contributed by atoms with Crippen LogP contribution in [0, 0.1) is 5.92 Å². The fraction of sp³-hybridized carbons (Fsp3) is 0.167. The highest BCUT2D eigenvalue weighted by atomic mass is 32.2. The van der Waals surface area contributed by atoms with Gasteiger partial charge in [-0.05, 0) is 29.8 Å². The molecule has 25 heavy (non-hydrogen) atoms. The number of amides is 1. The van der Waals surface area contributed by atoms with Gasteiger partial charge in [0.15, 0.2) is 0 Å². The van der Waals surface area contributed by atoms with E-state index in [1.54, 1.807) is 26.0 Å². The Balaban J connectivity index is 2.16. The van der Waals surface area contributed by atoms with E-state index in [2.05, 4.69) is 10.0 Å². The fourth-order valence-electron chi connectivity index (χ4n) is 1.91. The predicted octanol–water partition coefficient (Wildman–Crippen LogP) is 3.40. The van der Waals surface area contributed by atoms with E-state index in [0.717, 1.165) is 11.0 Å². The first-order valence-electron chi connectivity index (χ1n) is 7.66. The summed E-state index contributed by atoms with van der Waals surface area (Å²) < 4.78 is 26.7. The Morgan fingerprint density at radius 3 is 2.44 bits per heavy atom. The van der Waals surface area contributed by atoms with Gasteiger partial charge in [-0.2, -0.15) is 0 Å². The molecule has 2 aromatic carbocycles. The van der Waals surface area contributed by atoms with Crippen LogP contribution in [0.5, 0.6) is 5.75 Å². The van der Waals surface area contributed by atoms with Crippen LogP contribution >= 0.6 is 0 Å². The minimum Gasteiger partial charge on any atom is -0.506 e. The molecule has 7 heteroatoms. The van der Waals surface area contributed by atoms with Gasteiger partial charge in [0, 0.05) is 5.92 Å². The second-order valence-corrected chi connectivity index (χ2v) is 7.30. The van der Waals surface area contributed by atoms with E-state index in [0.29, 0.717) is 0 Å². The summed E-state index contributed by atoms with van der Waals surface area (Å²) in [4.78, 5) is 11.7. The van der Waals surface area contributed by atoms with Crippen molar-refractivity contribution in [1.82, 2.24) is 0 Å². The molecule has 0 aromatic heterocycles. The largest absolute Gasteiger partial charge is 0.506 e. The molecule has 0 unspecified atom stereocenters. The predicted molar refractivity (Wildman–Crippen MR) is 99.6 cm³/mol. The highest BCUT2D eigenvalue weighted by Crippen LogP contribution is 2.27. The number of carbonyl (C=O) groups excluding carboxylic acids is 1. The number of sulfonamides is 1. The van der Waals surface area contributed by atoms with Crippen LogP contribution in [-0.2, 0) is 14.8 Å².